The van der Waals surface area contributed by atoms with Gasteiger partial charge in [-0.1, -0.05) is 0 Å². The maximum Gasteiger partial charge on any atom is 0.226 e. The first-order valence-corrected chi connectivity index (χ1v) is 8.39. The molecule has 3 aromatic heterocycles. The summed E-state index contributed by atoms with van der Waals surface area (Å²) in [6.45, 7) is 1.45. The molecule has 1 aliphatic rings. The largest absolute Gasteiger partial charge is 0.460 e. The third-order valence-electron chi connectivity index (χ3n) is 4.51. The molecule has 1 fully saturated rings. The van der Waals surface area contributed by atoms with Crippen molar-refractivity contribution >= 4 is 28.6 Å². The van der Waals surface area contributed by atoms with Crippen molar-refractivity contribution in [2.75, 3.05) is 49.4 Å². The van der Waals surface area contributed by atoms with Crippen LogP contribution in [0, 0.1) is 0 Å². The number of nitrogens with zero attached hydrogens (tertiary/aromatic N) is 6. The Hall–Kier alpha value is -2.94. The lowest BCUT2D eigenvalue weighted by Crippen LogP contribution is -2.34. The third kappa shape index (κ3) is 3.01. The Morgan fingerprint density at radius 3 is 3.00 bits per heavy atom. The topological polar surface area (TPSA) is 92.4 Å². The highest BCUT2D eigenvalue weighted by atomic mass is 16.5. The molecule has 3 aromatic rings. The summed E-state index contributed by atoms with van der Waals surface area (Å²) in [7, 11) is 5.56. The molecule has 0 radical (unpaired) electrons. The van der Waals surface area contributed by atoms with Gasteiger partial charge in [-0.05, 0) is 12.1 Å². The van der Waals surface area contributed by atoms with Crippen molar-refractivity contribution in [2.45, 2.75) is 12.1 Å². The first kappa shape index (κ1) is 16.5. The Labute approximate surface area is 151 Å². The molecular weight excluding hydrogens is 334 g/mol. The number of rotatable bonds is 5. The van der Waals surface area contributed by atoms with Gasteiger partial charge in [-0.2, -0.15) is 10.1 Å². The van der Waals surface area contributed by atoms with Crippen molar-refractivity contribution in [3.63, 3.8) is 0 Å². The van der Waals surface area contributed by atoms with Crippen LogP contribution in [0.5, 0.6) is 0 Å². The van der Waals surface area contributed by atoms with E-state index < -0.39 is 0 Å². The summed E-state index contributed by atoms with van der Waals surface area (Å²) in [4.78, 5) is 13.0. The summed E-state index contributed by atoms with van der Waals surface area (Å²) < 4.78 is 11.2. The van der Waals surface area contributed by atoms with Crippen molar-refractivity contribution < 1.29 is 9.15 Å². The number of nitrogens with one attached hydrogen (secondary N) is 1. The predicted molar refractivity (Wildman–Crippen MR) is 98.6 cm³/mol. The zero-order valence-electron chi connectivity index (χ0n) is 15.0. The summed E-state index contributed by atoms with van der Waals surface area (Å²) in [5.41, 5.74) is 0.699. The Bertz CT molecular complexity index is 897. The van der Waals surface area contributed by atoms with Crippen molar-refractivity contribution in [1.82, 2.24) is 20.2 Å². The Balaban J connectivity index is 1.56. The van der Waals surface area contributed by atoms with Crippen molar-refractivity contribution in [2.24, 2.45) is 0 Å². The minimum atomic E-state index is -0.0141. The molecule has 1 saturated heterocycles. The first-order valence-electron chi connectivity index (χ1n) is 8.39. The van der Waals surface area contributed by atoms with Crippen LogP contribution in [0.3, 0.4) is 0 Å². The van der Waals surface area contributed by atoms with Crippen molar-refractivity contribution in [3.05, 3.63) is 30.8 Å². The lowest BCUT2D eigenvalue weighted by Gasteiger charge is -2.19. The fraction of sp³-hybridized carbons (Fsp3) is 0.412. The van der Waals surface area contributed by atoms with E-state index in [1.807, 2.05) is 31.1 Å². The molecule has 1 aliphatic heterocycles. The summed E-state index contributed by atoms with van der Waals surface area (Å²) in [6, 6.07) is 3.81. The van der Waals surface area contributed by atoms with Crippen LogP contribution in [0.1, 0.15) is 0 Å². The van der Waals surface area contributed by atoms with E-state index in [0.29, 0.717) is 17.3 Å². The number of ether oxygens (including phenoxy) is 1. The quantitative estimate of drug-likeness (QED) is 0.729. The molecule has 9 heteroatoms. The van der Waals surface area contributed by atoms with Gasteiger partial charge < -0.3 is 24.3 Å². The highest BCUT2D eigenvalue weighted by molar-refractivity contribution is 5.85. The molecule has 0 spiro atoms. The van der Waals surface area contributed by atoms with Gasteiger partial charge in [0.15, 0.2) is 11.4 Å². The van der Waals surface area contributed by atoms with E-state index in [1.54, 1.807) is 25.8 Å². The minimum Gasteiger partial charge on any atom is -0.460 e. The molecular formula is C17H21N7O2. The van der Waals surface area contributed by atoms with Crippen LogP contribution in [0.4, 0.5) is 17.6 Å². The van der Waals surface area contributed by atoms with E-state index in [2.05, 4.69) is 30.4 Å². The second-order valence-electron chi connectivity index (χ2n) is 6.44. The van der Waals surface area contributed by atoms with Gasteiger partial charge in [0.1, 0.15) is 5.82 Å². The normalized spacial score (nSPS) is 19.9. The summed E-state index contributed by atoms with van der Waals surface area (Å²) >= 11 is 0. The van der Waals surface area contributed by atoms with Gasteiger partial charge in [0.25, 0.3) is 0 Å². The molecule has 0 unspecified atom stereocenters. The van der Waals surface area contributed by atoms with Crippen LogP contribution in [0.15, 0.2) is 35.2 Å². The zero-order valence-corrected chi connectivity index (χ0v) is 15.0. The standard InChI is InChI=1S/C17H21N7O2/c1-23(2)17-18-6-4-14(21-17)24-9-12(13(10-24)25-3)20-16-15-11(5-7-26-15)8-19-22-16/h4-8,12-13H,9-10H2,1-3H3,(H,20,22)/t12-,13+/m0/s1. The zero-order chi connectivity index (χ0) is 18.1. The highest BCUT2D eigenvalue weighted by Crippen LogP contribution is 2.26. The second-order valence-corrected chi connectivity index (χ2v) is 6.44. The third-order valence-corrected chi connectivity index (χ3v) is 4.51. The predicted octanol–water partition coefficient (Wildman–Crippen LogP) is 1.39. The van der Waals surface area contributed by atoms with Crippen LogP contribution in [-0.4, -0.2) is 66.6 Å². The van der Waals surface area contributed by atoms with Gasteiger partial charge in [0.2, 0.25) is 5.95 Å². The molecule has 0 aliphatic carbocycles. The van der Waals surface area contributed by atoms with Crippen LogP contribution in [0.2, 0.25) is 0 Å². The first-order chi connectivity index (χ1) is 12.7. The van der Waals surface area contributed by atoms with E-state index in [4.69, 9.17) is 9.15 Å². The van der Waals surface area contributed by atoms with E-state index in [-0.39, 0.29) is 12.1 Å². The number of methoxy groups -OCH3 is 1. The number of aromatic nitrogens is 4. The van der Waals surface area contributed by atoms with E-state index in [1.165, 1.54) is 0 Å². The molecule has 4 rings (SSSR count). The van der Waals surface area contributed by atoms with Gasteiger partial charge in [0, 0.05) is 45.9 Å². The fourth-order valence-corrected chi connectivity index (χ4v) is 3.15. The van der Waals surface area contributed by atoms with Crippen molar-refractivity contribution in [3.8, 4) is 0 Å². The minimum absolute atomic E-state index is 0.0141. The Morgan fingerprint density at radius 2 is 2.19 bits per heavy atom. The average Bonchev–Trinajstić information content (AvgIpc) is 3.29. The monoisotopic (exact) mass is 355 g/mol. The second kappa shape index (κ2) is 6.75. The van der Waals surface area contributed by atoms with E-state index in [0.717, 1.165) is 24.3 Å². The van der Waals surface area contributed by atoms with Gasteiger partial charge in [0.05, 0.1) is 24.6 Å². The smallest absolute Gasteiger partial charge is 0.226 e. The van der Waals surface area contributed by atoms with E-state index in [9.17, 15) is 0 Å². The fourth-order valence-electron chi connectivity index (χ4n) is 3.15. The summed E-state index contributed by atoms with van der Waals surface area (Å²) in [6.07, 6.45) is 5.08. The summed E-state index contributed by atoms with van der Waals surface area (Å²) in [5.74, 6) is 2.18. The molecule has 1 N–H and O–H groups in total. The molecule has 136 valence electrons. The van der Waals surface area contributed by atoms with Gasteiger partial charge in [-0.15, -0.1) is 5.10 Å². The number of hydrogen-bond acceptors (Lipinski definition) is 9. The van der Waals surface area contributed by atoms with Crippen LogP contribution >= 0.6 is 0 Å². The number of hydrogen-bond donors (Lipinski definition) is 1. The Morgan fingerprint density at radius 1 is 1.31 bits per heavy atom. The molecule has 0 saturated carbocycles. The van der Waals surface area contributed by atoms with Crippen LogP contribution in [0.25, 0.3) is 11.0 Å². The summed E-state index contributed by atoms with van der Waals surface area (Å²) in [5, 5.41) is 12.6. The average molecular weight is 355 g/mol. The molecule has 0 amide bonds. The highest BCUT2D eigenvalue weighted by Gasteiger charge is 2.34. The molecule has 0 aromatic carbocycles. The van der Waals surface area contributed by atoms with Crippen molar-refractivity contribution in [1.29, 1.82) is 0 Å². The molecule has 26 heavy (non-hydrogen) atoms. The lowest BCUT2D eigenvalue weighted by atomic mass is 10.2. The van der Waals surface area contributed by atoms with E-state index >= 15 is 0 Å². The van der Waals surface area contributed by atoms with Gasteiger partial charge >= 0.3 is 0 Å². The molecule has 2 atom stereocenters. The van der Waals surface area contributed by atoms with Gasteiger partial charge in [-0.3, -0.25) is 0 Å². The molecule has 4 heterocycles. The molecule has 9 nitrogen and oxygen atoms in total. The van der Waals surface area contributed by atoms with Crippen LogP contribution in [-0.2, 0) is 4.74 Å². The Kier molecular flexibility index (Phi) is 4.29. The maximum atomic E-state index is 5.68. The number of anilines is 3. The van der Waals surface area contributed by atoms with Crippen LogP contribution < -0.4 is 15.1 Å². The maximum absolute atomic E-state index is 5.68. The SMILES string of the molecule is CO[C@@H]1CN(c2ccnc(N(C)C)n2)C[C@@H]1Nc1nncc2ccoc12. The molecule has 0 bridgehead atoms. The lowest BCUT2D eigenvalue weighted by molar-refractivity contribution is 0.113. The number of furan rings is 1. The van der Waals surface area contributed by atoms with Gasteiger partial charge in [-0.25, -0.2) is 4.98 Å². The number of fused-ring (bicyclic) bond motifs is 1.